The third-order valence-electron chi connectivity index (χ3n) is 3.92. The zero-order valence-electron chi connectivity index (χ0n) is 13.8. The molecule has 0 amide bonds. The Morgan fingerprint density at radius 1 is 1.36 bits per heavy atom. The number of benzene rings is 1. The molecule has 0 fully saturated rings. The van der Waals surface area contributed by atoms with Crippen LogP contribution in [0.25, 0.3) is 11.1 Å². The molecule has 0 aliphatic heterocycles. The van der Waals surface area contributed by atoms with Crippen molar-refractivity contribution in [2.24, 2.45) is 0 Å². The monoisotopic (exact) mass is 363 g/mol. The van der Waals surface area contributed by atoms with E-state index in [1.54, 1.807) is 19.1 Å². The molecule has 8 heteroatoms. The molecule has 0 saturated carbocycles. The van der Waals surface area contributed by atoms with Gasteiger partial charge in [-0.25, -0.2) is 4.98 Å². The second-order valence-corrected chi connectivity index (χ2v) is 6.27. The topological polar surface area (TPSA) is 90.4 Å². The van der Waals surface area contributed by atoms with Gasteiger partial charge in [0.05, 0.1) is 31.1 Å². The number of aromatic nitrogens is 3. The SMILES string of the molecule is Cc1noc2ncn(CC(O)COC(C)c3ccc(Cl)cc3)c(=O)c12. The molecule has 2 aromatic heterocycles. The van der Waals surface area contributed by atoms with Crippen LogP contribution in [-0.4, -0.2) is 32.5 Å². The number of hydrogen-bond acceptors (Lipinski definition) is 6. The average Bonchev–Trinajstić information content (AvgIpc) is 2.97. The van der Waals surface area contributed by atoms with Gasteiger partial charge in [0.25, 0.3) is 11.3 Å². The first-order valence-electron chi connectivity index (χ1n) is 7.82. The lowest BCUT2D eigenvalue weighted by atomic mass is 10.1. The fraction of sp³-hybridized carbons (Fsp3) is 0.353. The Kier molecular flexibility index (Phi) is 5.17. The molecule has 0 radical (unpaired) electrons. The van der Waals surface area contributed by atoms with E-state index in [0.717, 1.165) is 5.56 Å². The van der Waals surface area contributed by atoms with E-state index in [2.05, 4.69) is 10.1 Å². The Hall–Kier alpha value is -2.22. The van der Waals surface area contributed by atoms with Crippen molar-refractivity contribution in [2.75, 3.05) is 6.61 Å². The summed E-state index contributed by atoms with van der Waals surface area (Å²) in [4.78, 5) is 16.4. The summed E-state index contributed by atoms with van der Waals surface area (Å²) in [6.45, 7) is 3.71. The molecule has 3 aromatic rings. The summed E-state index contributed by atoms with van der Waals surface area (Å²) < 4.78 is 12.0. The van der Waals surface area contributed by atoms with Gasteiger partial charge >= 0.3 is 0 Å². The molecule has 2 unspecified atom stereocenters. The van der Waals surface area contributed by atoms with Gasteiger partial charge in [-0.3, -0.25) is 9.36 Å². The van der Waals surface area contributed by atoms with Crippen molar-refractivity contribution in [3.8, 4) is 0 Å². The normalized spacial score (nSPS) is 13.9. The first-order valence-corrected chi connectivity index (χ1v) is 8.20. The standard InChI is InChI=1S/C17H18ClN3O4/c1-10-15-16(25-20-10)19-9-21(17(15)23)7-14(22)8-24-11(2)12-3-5-13(18)6-4-12/h3-6,9,11,14,22H,7-8H2,1-2H3. The van der Waals surface area contributed by atoms with Crippen LogP contribution in [0.15, 0.2) is 39.9 Å². The van der Waals surface area contributed by atoms with E-state index >= 15 is 0 Å². The third kappa shape index (κ3) is 3.89. The first-order chi connectivity index (χ1) is 12.0. The van der Waals surface area contributed by atoms with Crippen LogP contribution in [0.4, 0.5) is 0 Å². The van der Waals surface area contributed by atoms with Gasteiger partial charge in [0.1, 0.15) is 11.7 Å². The van der Waals surface area contributed by atoms with Crippen LogP contribution in [0.2, 0.25) is 5.02 Å². The molecule has 0 aliphatic rings. The quantitative estimate of drug-likeness (QED) is 0.723. The van der Waals surface area contributed by atoms with Gasteiger partial charge in [-0.05, 0) is 31.5 Å². The van der Waals surface area contributed by atoms with Crippen molar-refractivity contribution in [3.63, 3.8) is 0 Å². The maximum Gasteiger partial charge on any atom is 0.266 e. The molecule has 1 aromatic carbocycles. The van der Waals surface area contributed by atoms with E-state index in [9.17, 15) is 9.90 Å². The van der Waals surface area contributed by atoms with Gasteiger partial charge in [0.2, 0.25) is 0 Å². The summed E-state index contributed by atoms with van der Waals surface area (Å²) in [6.07, 6.45) is 0.276. The Morgan fingerprint density at radius 2 is 2.08 bits per heavy atom. The lowest BCUT2D eigenvalue weighted by Gasteiger charge is -2.17. The molecular formula is C17H18ClN3O4. The van der Waals surface area contributed by atoms with Crippen LogP contribution in [0.5, 0.6) is 0 Å². The molecule has 132 valence electrons. The number of aliphatic hydroxyl groups is 1. The fourth-order valence-electron chi connectivity index (χ4n) is 2.51. The lowest BCUT2D eigenvalue weighted by Crippen LogP contribution is -2.30. The predicted octanol–water partition coefficient (Wildman–Crippen LogP) is 2.49. The van der Waals surface area contributed by atoms with Crippen LogP contribution in [-0.2, 0) is 11.3 Å². The highest BCUT2D eigenvalue weighted by Gasteiger charge is 2.15. The average molecular weight is 364 g/mol. The number of hydrogen-bond donors (Lipinski definition) is 1. The number of nitrogens with zero attached hydrogens (tertiary/aromatic N) is 3. The number of rotatable bonds is 6. The van der Waals surface area contributed by atoms with E-state index in [0.29, 0.717) is 16.1 Å². The summed E-state index contributed by atoms with van der Waals surface area (Å²) in [5.74, 6) is 0. The van der Waals surface area contributed by atoms with Gasteiger partial charge in [-0.15, -0.1) is 0 Å². The van der Waals surface area contributed by atoms with E-state index in [1.165, 1.54) is 10.9 Å². The van der Waals surface area contributed by atoms with Crippen molar-refractivity contribution in [1.29, 1.82) is 0 Å². The molecule has 25 heavy (non-hydrogen) atoms. The van der Waals surface area contributed by atoms with Crippen LogP contribution in [0, 0.1) is 6.92 Å². The van der Waals surface area contributed by atoms with Crippen molar-refractivity contribution in [1.82, 2.24) is 14.7 Å². The number of halogens is 1. The van der Waals surface area contributed by atoms with Gasteiger partial charge in [0, 0.05) is 5.02 Å². The Balaban J connectivity index is 1.63. The second-order valence-electron chi connectivity index (χ2n) is 5.83. The summed E-state index contributed by atoms with van der Waals surface area (Å²) in [5, 5.41) is 14.9. The molecule has 3 rings (SSSR count). The van der Waals surface area contributed by atoms with E-state index < -0.39 is 6.10 Å². The first kappa shape index (κ1) is 17.6. The van der Waals surface area contributed by atoms with Gasteiger partial charge < -0.3 is 14.4 Å². The number of aliphatic hydroxyl groups excluding tert-OH is 1. The Morgan fingerprint density at radius 3 is 2.80 bits per heavy atom. The van der Waals surface area contributed by atoms with E-state index in [4.69, 9.17) is 20.9 Å². The molecule has 0 bridgehead atoms. The number of aryl methyl sites for hydroxylation is 1. The van der Waals surface area contributed by atoms with Gasteiger partial charge in [-0.1, -0.05) is 28.9 Å². The largest absolute Gasteiger partial charge is 0.389 e. The summed E-state index contributed by atoms with van der Waals surface area (Å²) >= 11 is 5.86. The lowest BCUT2D eigenvalue weighted by molar-refractivity contribution is -0.00911. The fourth-order valence-corrected chi connectivity index (χ4v) is 2.63. The van der Waals surface area contributed by atoms with Crippen LogP contribution < -0.4 is 5.56 Å². The minimum absolute atomic E-state index is 0.0692. The molecule has 0 aliphatic carbocycles. The molecular weight excluding hydrogens is 346 g/mol. The van der Waals surface area contributed by atoms with Gasteiger partial charge in [0.15, 0.2) is 0 Å². The Labute approximate surface area is 148 Å². The molecule has 2 heterocycles. The van der Waals surface area contributed by atoms with Crippen LogP contribution >= 0.6 is 11.6 Å². The minimum atomic E-state index is -0.855. The Bertz CT molecular complexity index is 920. The molecule has 1 N–H and O–H groups in total. The van der Waals surface area contributed by atoms with E-state index in [1.807, 2.05) is 19.1 Å². The smallest absolute Gasteiger partial charge is 0.266 e. The predicted molar refractivity (Wildman–Crippen MR) is 92.6 cm³/mol. The highest BCUT2D eigenvalue weighted by atomic mass is 35.5. The minimum Gasteiger partial charge on any atom is -0.389 e. The molecule has 0 spiro atoms. The third-order valence-corrected chi connectivity index (χ3v) is 4.17. The van der Waals surface area contributed by atoms with Crippen molar-refractivity contribution in [2.45, 2.75) is 32.6 Å². The summed E-state index contributed by atoms with van der Waals surface area (Å²) in [5.41, 5.74) is 1.33. The maximum absolute atomic E-state index is 12.4. The maximum atomic E-state index is 12.4. The van der Waals surface area contributed by atoms with Gasteiger partial charge in [-0.2, -0.15) is 0 Å². The molecule has 7 nitrogen and oxygen atoms in total. The van der Waals surface area contributed by atoms with Crippen molar-refractivity contribution >= 4 is 22.7 Å². The summed E-state index contributed by atoms with van der Waals surface area (Å²) in [7, 11) is 0. The second kappa shape index (κ2) is 7.35. The molecule has 2 atom stereocenters. The highest BCUT2D eigenvalue weighted by Crippen LogP contribution is 2.19. The number of ether oxygens (including phenoxy) is 1. The van der Waals surface area contributed by atoms with Crippen molar-refractivity contribution < 1.29 is 14.4 Å². The van der Waals surface area contributed by atoms with Crippen molar-refractivity contribution in [3.05, 3.63) is 57.2 Å². The number of fused-ring (bicyclic) bond motifs is 1. The highest BCUT2D eigenvalue weighted by molar-refractivity contribution is 6.30. The van der Waals surface area contributed by atoms with Crippen LogP contribution in [0.3, 0.4) is 0 Å². The summed E-state index contributed by atoms with van der Waals surface area (Å²) in [6, 6.07) is 7.32. The zero-order valence-corrected chi connectivity index (χ0v) is 14.6. The van der Waals surface area contributed by atoms with Crippen LogP contribution in [0.1, 0.15) is 24.3 Å². The van der Waals surface area contributed by atoms with E-state index in [-0.39, 0.29) is 30.5 Å². The molecule has 0 saturated heterocycles. The zero-order chi connectivity index (χ0) is 18.0.